The zero-order valence-electron chi connectivity index (χ0n) is 10.5. The maximum Gasteiger partial charge on any atom is 0.405 e. The van der Waals surface area contributed by atoms with Gasteiger partial charge in [-0.05, 0) is 12.1 Å². The lowest BCUT2D eigenvalue weighted by Crippen LogP contribution is -2.31. The number of aromatic nitrogens is 1. The number of carboxylic acid groups (broad SMARTS) is 1. The van der Waals surface area contributed by atoms with Gasteiger partial charge in [0.15, 0.2) is 5.69 Å². The Morgan fingerprint density at radius 2 is 2.00 bits per heavy atom. The summed E-state index contributed by atoms with van der Waals surface area (Å²) in [5.74, 6) is -1.28. The first-order valence-electron chi connectivity index (χ1n) is 5.69. The van der Waals surface area contributed by atoms with E-state index in [9.17, 15) is 18.0 Å². The van der Waals surface area contributed by atoms with E-state index in [-0.39, 0.29) is 11.4 Å². The second-order valence-corrected chi connectivity index (χ2v) is 4.32. The average molecular weight is 284 g/mol. The van der Waals surface area contributed by atoms with Crippen molar-refractivity contribution in [2.24, 2.45) is 0 Å². The van der Waals surface area contributed by atoms with Gasteiger partial charge in [0.2, 0.25) is 0 Å². The van der Waals surface area contributed by atoms with E-state index in [1.54, 1.807) is 24.3 Å². The molecule has 4 nitrogen and oxygen atoms in total. The van der Waals surface area contributed by atoms with Gasteiger partial charge in [-0.15, -0.1) is 0 Å². The van der Waals surface area contributed by atoms with Crippen LogP contribution in [0.15, 0.2) is 30.3 Å². The molecule has 0 bridgehead atoms. The van der Waals surface area contributed by atoms with Gasteiger partial charge in [0.05, 0.1) is 5.52 Å². The molecule has 0 unspecified atom stereocenters. The highest BCUT2D eigenvalue weighted by Gasteiger charge is 2.30. The molecule has 1 aromatic carbocycles. The third kappa shape index (κ3) is 2.98. The third-order valence-corrected chi connectivity index (χ3v) is 2.74. The van der Waals surface area contributed by atoms with Gasteiger partial charge in [-0.3, -0.25) is 0 Å². The number of rotatable bonds is 3. The van der Waals surface area contributed by atoms with E-state index in [1.807, 2.05) is 0 Å². The van der Waals surface area contributed by atoms with Crippen molar-refractivity contribution in [3.63, 3.8) is 0 Å². The Bertz CT molecular complexity index is 656. The Morgan fingerprint density at radius 1 is 1.35 bits per heavy atom. The van der Waals surface area contributed by atoms with Crippen molar-refractivity contribution in [2.45, 2.75) is 6.18 Å². The number of benzene rings is 1. The van der Waals surface area contributed by atoms with E-state index in [1.165, 1.54) is 7.05 Å². The summed E-state index contributed by atoms with van der Waals surface area (Å²) in [5, 5.41) is 9.46. The van der Waals surface area contributed by atoms with Gasteiger partial charge in [-0.1, -0.05) is 18.2 Å². The summed E-state index contributed by atoms with van der Waals surface area (Å²) in [6, 6.07) is 7.63. The van der Waals surface area contributed by atoms with Crippen LogP contribution in [0, 0.1) is 0 Å². The summed E-state index contributed by atoms with van der Waals surface area (Å²) in [5.41, 5.74) is 0.245. The molecule has 2 aromatic rings. The zero-order chi connectivity index (χ0) is 14.9. The number of fused-ring (bicyclic) bond motifs is 1. The molecule has 0 amide bonds. The Balaban J connectivity index is 2.57. The molecule has 1 aromatic heterocycles. The van der Waals surface area contributed by atoms with E-state index in [4.69, 9.17) is 5.11 Å². The Kier molecular flexibility index (Phi) is 3.52. The minimum absolute atomic E-state index is 0.185. The van der Waals surface area contributed by atoms with Gasteiger partial charge in [0.1, 0.15) is 6.54 Å². The first-order valence-corrected chi connectivity index (χ1v) is 5.69. The number of pyridine rings is 1. The Hall–Kier alpha value is -2.31. The van der Waals surface area contributed by atoms with E-state index in [0.29, 0.717) is 10.9 Å². The molecule has 7 heteroatoms. The number of para-hydroxylation sites is 1. The minimum Gasteiger partial charge on any atom is -0.477 e. The molecule has 0 aliphatic rings. The largest absolute Gasteiger partial charge is 0.477 e. The summed E-state index contributed by atoms with van der Waals surface area (Å²) in [6.07, 6.45) is -4.37. The number of carboxylic acids is 1. The van der Waals surface area contributed by atoms with Crippen LogP contribution in [-0.2, 0) is 0 Å². The van der Waals surface area contributed by atoms with Crippen molar-refractivity contribution < 1.29 is 23.1 Å². The fraction of sp³-hybridized carbons (Fsp3) is 0.231. The summed E-state index contributed by atoms with van der Waals surface area (Å²) < 4.78 is 37.4. The summed E-state index contributed by atoms with van der Waals surface area (Å²) >= 11 is 0. The predicted molar refractivity (Wildman–Crippen MR) is 68.0 cm³/mol. The van der Waals surface area contributed by atoms with Crippen LogP contribution in [0.25, 0.3) is 10.9 Å². The van der Waals surface area contributed by atoms with Crippen molar-refractivity contribution in [1.82, 2.24) is 4.98 Å². The molecular formula is C13H11F3N2O2. The van der Waals surface area contributed by atoms with Crippen molar-refractivity contribution in [3.8, 4) is 0 Å². The Morgan fingerprint density at radius 3 is 2.60 bits per heavy atom. The van der Waals surface area contributed by atoms with Gasteiger partial charge in [0.25, 0.3) is 0 Å². The van der Waals surface area contributed by atoms with Gasteiger partial charge in [-0.2, -0.15) is 13.2 Å². The second-order valence-electron chi connectivity index (χ2n) is 4.32. The van der Waals surface area contributed by atoms with E-state index >= 15 is 0 Å². The molecule has 1 heterocycles. The van der Waals surface area contributed by atoms with E-state index in [0.717, 1.165) is 11.0 Å². The lowest BCUT2D eigenvalue weighted by molar-refractivity contribution is -0.119. The lowest BCUT2D eigenvalue weighted by atomic mass is 10.1. The number of anilines is 1. The maximum atomic E-state index is 12.5. The van der Waals surface area contributed by atoms with Crippen LogP contribution in [-0.4, -0.2) is 35.8 Å². The summed E-state index contributed by atoms with van der Waals surface area (Å²) in [6.45, 7) is -1.17. The normalized spacial score (nSPS) is 11.6. The van der Waals surface area contributed by atoms with Gasteiger partial charge >= 0.3 is 12.1 Å². The van der Waals surface area contributed by atoms with Crippen LogP contribution in [0.5, 0.6) is 0 Å². The second kappa shape index (κ2) is 4.99. The van der Waals surface area contributed by atoms with Crippen LogP contribution in [0.1, 0.15) is 10.5 Å². The number of aromatic carboxylic acids is 1. The standard InChI is InChI=1S/C13H11F3N2O2/c1-18(7-13(14,15)16)11-6-10(12(19)20)17-9-5-3-2-4-8(9)11/h2-6H,7H2,1H3,(H,19,20). The molecule has 106 valence electrons. The van der Waals surface area contributed by atoms with Crippen LogP contribution < -0.4 is 4.90 Å². The quantitative estimate of drug-likeness (QED) is 0.941. The minimum atomic E-state index is -4.37. The first-order chi connectivity index (χ1) is 9.28. The summed E-state index contributed by atoms with van der Waals surface area (Å²) in [7, 11) is 1.26. The fourth-order valence-corrected chi connectivity index (χ4v) is 1.94. The van der Waals surface area contributed by atoms with Gasteiger partial charge in [-0.25, -0.2) is 9.78 Å². The summed E-state index contributed by atoms with van der Waals surface area (Å²) in [4.78, 5) is 15.9. The molecule has 2 rings (SSSR count). The first kappa shape index (κ1) is 14.1. The van der Waals surface area contributed by atoms with Crippen LogP contribution in [0.2, 0.25) is 0 Å². The van der Waals surface area contributed by atoms with Gasteiger partial charge < -0.3 is 10.0 Å². The number of carbonyl (C=O) groups is 1. The number of nitrogens with zero attached hydrogens (tertiary/aromatic N) is 2. The molecule has 0 aliphatic heterocycles. The average Bonchev–Trinajstić information content (AvgIpc) is 2.35. The molecule has 0 aliphatic carbocycles. The Labute approximate surface area is 112 Å². The zero-order valence-corrected chi connectivity index (χ0v) is 10.5. The smallest absolute Gasteiger partial charge is 0.405 e. The number of halogens is 3. The number of hydrogen-bond donors (Lipinski definition) is 1. The van der Waals surface area contributed by atoms with Crippen molar-refractivity contribution in [1.29, 1.82) is 0 Å². The highest BCUT2D eigenvalue weighted by molar-refractivity contribution is 5.97. The predicted octanol–water partition coefficient (Wildman–Crippen LogP) is 2.93. The molecule has 0 saturated heterocycles. The molecule has 20 heavy (non-hydrogen) atoms. The van der Waals surface area contributed by atoms with Crippen molar-refractivity contribution in [2.75, 3.05) is 18.5 Å². The number of alkyl halides is 3. The van der Waals surface area contributed by atoms with Gasteiger partial charge in [0, 0.05) is 18.1 Å². The molecule has 0 radical (unpaired) electrons. The number of hydrogen-bond acceptors (Lipinski definition) is 3. The monoisotopic (exact) mass is 284 g/mol. The van der Waals surface area contributed by atoms with E-state index in [2.05, 4.69) is 4.98 Å². The molecule has 0 saturated carbocycles. The SMILES string of the molecule is CN(CC(F)(F)F)c1cc(C(=O)O)nc2ccccc12. The molecule has 0 atom stereocenters. The molecule has 0 fully saturated rings. The topological polar surface area (TPSA) is 53.4 Å². The molecular weight excluding hydrogens is 273 g/mol. The van der Waals surface area contributed by atoms with Crippen LogP contribution >= 0.6 is 0 Å². The lowest BCUT2D eigenvalue weighted by Gasteiger charge is -2.22. The fourth-order valence-electron chi connectivity index (χ4n) is 1.94. The molecule has 0 spiro atoms. The highest BCUT2D eigenvalue weighted by atomic mass is 19.4. The molecule has 1 N–H and O–H groups in total. The van der Waals surface area contributed by atoms with Crippen LogP contribution in [0.3, 0.4) is 0 Å². The van der Waals surface area contributed by atoms with Crippen LogP contribution in [0.4, 0.5) is 18.9 Å². The van der Waals surface area contributed by atoms with E-state index < -0.39 is 18.7 Å². The van der Waals surface area contributed by atoms with Crippen molar-refractivity contribution >= 4 is 22.6 Å². The maximum absolute atomic E-state index is 12.5. The van der Waals surface area contributed by atoms with Crippen molar-refractivity contribution in [3.05, 3.63) is 36.0 Å². The third-order valence-electron chi connectivity index (χ3n) is 2.74. The highest BCUT2D eigenvalue weighted by Crippen LogP contribution is 2.28.